The molecule has 0 saturated heterocycles. The van der Waals surface area contributed by atoms with E-state index in [9.17, 15) is 4.79 Å². The van der Waals surface area contributed by atoms with E-state index in [0.29, 0.717) is 0 Å². The average Bonchev–Trinajstić information content (AvgIpc) is 2.31. The fourth-order valence-electron chi connectivity index (χ4n) is 0.563. The molecule has 1 aromatic heterocycles. The Bertz CT molecular complexity index is 254. The molecule has 0 aromatic carbocycles. The first-order valence-electron chi connectivity index (χ1n) is 3.09. The molecule has 0 atom stereocenters. The summed E-state index contributed by atoms with van der Waals surface area (Å²) in [6.07, 6.45) is 1.56. The lowest BCUT2D eigenvalue weighted by molar-refractivity contribution is -0.130. The maximum Gasteiger partial charge on any atom is 0.315 e. The van der Waals surface area contributed by atoms with Gasteiger partial charge in [0.15, 0.2) is 0 Å². The molecular formula is C7H8O3S. The van der Waals surface area contributed by atoms with Gasteiger partial charge in [-0.15, -0.1) is 0 Å². The first-order valence-corrected chi connectivity index (χ1v) is 3.83. The van der Waals surface area contributed by atoms with Crippen molar-refractivity contribution in [2.45, 2.75) is 18.7 Å². The molecule has 11 heavy (non-hydrogen) atoms. The van der Waals surface area contributed by atoms with Crippen molar-refractivity contribution in [3.8, 4) is 0 Å². The predicted octanol–water partition coefficient (Wildman–Crippen LogP) is 2.16. The van der Waals surface area contributed by atoms with E-state index in [1.54, 1.807) is 12.3 Å². The molecule has 60 valence electrons. The van der Waals surface area contributed by atoms with Gasteiger partial charge in [-0.25, -0.2) is 0 Å². The Morgan fingerprint density at radius 2 is 2.45 bits per heavy atom. The molecule has 0 fully saturated rings. The van der Waals surface area contributed by atoms with Crippen LogP contribution < -0.4 is 0 Å². The Morgan fingerprint density at radius 3 is 2.91 bits per heavy atom. The fourth-order valence-corrected chi connectivity index (χ4v) is 1.05. The molecule has 0 unspecified atom stereocenters. The van der Waals surface area contributed by atoms with Gasteiger partial charge in [-0.3, -0.25) is 4.79 Å². The lowest BCUT2D eigenvalue weighted by Gasteiger charge is -1.95. The molecule has 0 amide bonds. The van der Waals surface area contributed by atoms with E-state index in [-0.39, 0.29) is 5.97 Å². The summed E-state index contributed by atoms with van der Waals surface area (Å²) in [5.41, 5.74) is 0. The number of furan rings is 1. The highest BCUT2D eigenvalue weighted by Crippen LogP contribution is 2.23. The molecule has 0 aliphatic carbocycles. The predicted molar refractivity (Wildman–Crippen MR) is 41.1 cm³/mol. The largest absolute Gasteiger partial charge is 0.468 e. The van der Waals surface area contributed by atoms with Crippen LogP contribution in [0.25, 0.3) is 0 Å². The van der Waals surface area contributed by atoms with Gasteiger partial charge in [0.1, 0.15) is 5.76 Å². The van der Waals surface area contributed by atoms with Crippen LogP contribution >= 0.6 is 12.0 Å². The highest BCUT2D eigenvalue weighted by molar-refractivity contribution is 7.95. The van der Waals surface area contributed by atoms with Gasteiger partial charge in [0.2, 0.25) is 0 Å². The quantitative estimate of drug-likeness (QED) is 0.641. The molecule has 0 saturated carbocycles. The first kappa shape index (κ1) is 8.20. The van der Waals surface area contributed by atoms with E-state index in [4.69, 9.17) is 4.42 Å². The van der Waals surface area contributed by atoms with Gasteiger partial charge in [-0.05, 0) is 13.0 Å². The SMILES string of the molecule is CC(=O)OSc1ccoc1C. The third kappa shape index (κ3) is 2.31. The van der Waals surface area contributed by atoms with Crippen LogP contribution in [-0.4, -0.2) is 5.97 Å². The summed E-state index contributed by atoms with van der Waals surface area (Å²) in [4.78, 5) is 11.2. The van der Waals surface area contributed by atoms with E-state index in [1.807, 2.05) is 6.92 Å². The van der Waals surface area contributed by atoms with Crippen molar-refractivity contribution in [1.29, 1.82) is 0 Å². The Morgan fingerprint density at radius 1 is 1.73 bits per heavy atom. The molecule has 0 aliphatic heterocycles. The second kappa shape index (κ2) is 3.48. The fraction of sp³-hybridized carbons (Fsp3) is 0.286. The van der Waals surface area contributed by atoms with Gasteiger partial charge in [0.05, 0.1) is 23.2 Å². The van der Waals surface area contributed by atoms with E-state index in [0.717, 1.165) is 22.7 Å². The van der Waals surface area contributed by atoms with E-state index >= 15 is 0 Å². The average molecular weight is 172 g/mol. The highest BCUT2D eigenvalue weighted by Gasteiger charge is 2.03. The second-order valence-corrected chi connectivity index (χ2v) is 2.77. The molecule has 0 aliphatic rings. The monoisotopic (exact) mass is 172 g/mol. The minimum Gasteiger partial charge on any atom is -0.468 e. The zero-order chi connectivity index (χ0) is 8.27. The Hall–Kier alpha value is -0.900. The van der Waals surface area contributed by atoms with Gasteiger partial charge in [-0.2, -0.15) is 0 Å². The number of carbonyl (C=O) groups is 1. The van der Waals surface area contributed by atoms with Crippen LogP contribution in [0.4, 0.5) is 0 Å². The van der Waals surface area contributed by atoms with Crippen LogP contribution in [0, 0.1) is 6.92 Å². The van der Waals surface area contributed by atoms with Gasteiger partial charge in [-0.1, -0.05) is 0 Å². The van der Waals surface area contributed by atoms with Gasteiger partial charge < -0.3 is 8.60 Å². The van der Waals surface area contributed by atoms with Crippen molar-refractivity contribution < 1.29 is 13.4 Å². The number of rotatable bonds is 2. The summed E-state index contributed by atoms with van der Waals surface area (Å²) >= 11 is 1.02. The van der Waals surface area contributed by atoms with Gasteiger partial charge >= 0.3 is 5.97 Å². The van der Waals surface area contributed by atoms with Crippen molar-refractivity contribution in [2.75, 3.05) is 0 Å². The van der Waals surface area contributed by atoms with Crippen molar-refractivity contribution in [2.24, 2.45) is 0 Å². The summed E-state index contributed by atoms with van der Waals surface area (Å²) < 4.78 is 9.67. The van der Waals surface area contributed by atoms with E-state index in [2.05, 4.69) is 4.18 Å². The molecule has 0 bridgehead atoms. The second-order valence-electron chi connectivity index (χ2n) is 2.00. The van der Waals surface area contributed by atoms with Crippen LogP contribution in [0.1, 0.15) is 12.7 Å². The van der Waals surface area contributed by atoms with E-state index in [1.165, 1.54) is 6.92 Å². The third-order valence-electron chi connectivity index (χ3n) is 1.06. The molecule has 0 N–H and O–H groups in total. The minimum atomic E-state index is -0.310. The normalized spacial score (nSPS) is 9.64. The molecule has 0 spiro atoms. The molecular weight excluding hydrogens is 164 g/mol. The third-order valence-corrected chi connectivity index (χ3v) is 1.98. The molecule has 3 nitrogen and oxygen atoms in total. The first-order chi connectivity index (χ1) is 5.20. The molecule has 0 radical (unpaired) electrons. The molecule has 1 heterocycles. The standard InChI is InChI=1S/C7H8O3S/c1-5-7(3-4-9-5)11-10-6(2)8/h3-4H,1-2H3. The topological polar surface area (TPSA) is 39.4 Å². The summed E-state index contributed by atoms with van der Waals surface area (Å²) in [7, 11) is 0. The van der Waals surface area contributed by atoms with Crippen LogP contribution in [0.15, 0.2) is 21.6 Å². The van der Waals surface area contributed by atoms with Crippen LogP contribution in [-0.2, 0) is 8.98 Å². The van der Waals surface area contributed by atoms with Crippen molar-refractivity contribution >= 4 is 18.0 Å². The minimum absolute atomic E-state index is 0.310. The lowest BCUT2D eigenvalue weighted by Crippen LogP contribution is -1.88. The smallest absolute Gasteiger partial charge is 0.315 e. The van der Waals surface area contributed by atoms with Crippen LogP contribution in [0.3, 0.4) is 0 Å². The maximum atomic E-state index is 10.4. The Labute approximate surface area is 68.9 Å². The molecule has 4 heteroatoms. The van der Waals surface area contributed by atoms with Crippen molar-refractivity contribution in [3.05, 3.63) is 18.1 Å². The van der Waals surface area contributed by atoms with Crippen molar-refractivity contribution in [3.63, 3.8) is 0 Å². The lowest BCUT2D eigenvalue weighted by atomic mass is 10.5. The zero-order valence-corrected chi connectivity index (χ0v) is 7.10. The van der Waals surface area contributed by atoms with Gasteiger partial charge in [0.25, 0.3) is 0 Å². The summed E-state index contributed by atoms with van der Waals surface area (Å²) in [5, 5.41) is 0. The number of hydrogen-bond donors (Lipinski definition) is 0. The van der Waals surface area contributed by atoms with Crippen LogP contribution in [0.5, 0.6) is 0 Å². The van der Waals surface area contributed by atoms with E-state index < -0.39 is 0 Å². The summed E-state index contributed by atoms with van der Waals surface area (Å²) in [5.74, 6) is 0.451. The highest BCUT2D eigenvalue weighted by atomic mass is 32.2. The zero-order valence-electron chi connectivity index (χ0n) is 6.29. The van der Waals surface area contributed by atoms with Crippen molar-refractivity contribution in [1.82, 2.24) is 0 Å². The Kier molecular flexibility index (Phi) is 2.59. The number of aryl methyl sites for hydroxylation is 1. The number of hydrogen-bond acceptors (Lipinski definition) is 4. The van der Waals surface area contributed by atoms with Gasteiger partial charge in [0, 0.05) is 6.92 Å². The summed E-state index contributed by atoms with van der Waals surface area (Å²) in [6.45, 7) is 3.17. The summed E-state index contributed by atoms with van der Waals surface area (Å²) in [6, 6.07) is 1.75. The number of carbonyl (C=O) groups excluding carboxylic acids is 1. The van der Waals surface area contributed by atoms with Crippen LogP contribution in [0.2, 0.25) is 0 Å². The Balaban J connectivity index is 2.51. The maximum absolute atomic E-state index is 10.4. The molecule has 1 aromatic rings. The molecule has 1 rings (SSSR count).